The number of aliphatic hydroxyl groups is 1. The lowest BCUT2D eigenvalue weighted by Gasteiger charge is -2.25. The molecular weight excluding hydrogens is 437 g/mol. The van der Waals surface area contributed by atoms with Gasteiger partial charge in [-0.2, -0.15) is 10.1 Å². The zero-order valence-corrected chi connectivity index (χ0v) is 17.6. The summed E-state index contributed by atoms with van der Waals surface area (Å²) in [4.78, 5) is 9.83. The van der Waals surface area contributed by atoms with E-state index in [0.717, 1.165) is 17.1 Å². The number of aliphatic hydroxyl groups excluding tert-OH is 1. The summed E-state index contributed by atoms with van der Waals surface area (Å²) in [6.07, 6.45) is 3.03. The van der Waals surface area contributed by atoms with Crippen LogP contribution in [0.5, 0.6) is 0 Å². The SMILES string of the molecule is NS(=O)(=O)c1cccc(Nc2ncc(F)c(N(CCCO)c3cccc4[nH]ncc34)n2)c1. The minimum absolute atomic E-state index is 0.00718. The van der Waals surface area contributed by atoms with E-state index < -0.39 is 15.8 Å². The van der Waals surface area contributed by atoms with Crippen molar-refractivity contribution < 1.29 is 17.9 Å². The summed E-state index contributed by atoms with van der Waals surface area (Å²) >= 11 is 0. The average molecular weight is 457 g/mol. The molecule has 0 saturated heterocycles. The summed E-state index contributed by atoms with van der Waals surface area (Å²) < 4.78 is 38.0. The third-order valence-electron chi connectivity index (χ3n) is 4.69. The van der Waals surface area contributed by atoms with Crippen molar-refractivity contribution in [3.8, 4) is 0 Å². The first kappa shape index (κ1) is 21.6. The van der Waals surface area contributed by atoms with Crippen LogP contribution >= 0.6 is 0 Å². The second-order valence-electron chi connectivity index (χ2n) is 6.90. The topological polar surface area (TPSA) is 150 Å². The van der Waals surface area contributed by atoms with Crippen LogP contribution in [0.15, 0.2) is 59.8 Å². The number of nitrogens with one attached hydrogen (secondary N) is 2. The number of benzene rings is 2. The van der Waals surface area contributed by atoms with Gasteiger partial charge in [0, 0.05) is 24.2 Å². The van der Waals surface area contributed by atoms with Crippen LogP contribution in [-0.4, -0.2) is 46.8 Å². The van der Waals surface area contributed by atoms with Crippen molar-refractivity contribution >= 4 is 44.1 Å². The van der Waals surface area contributed by atoms with Crippen molar-refractivity contribution in [3.05, 3.63) is 60.7 Å². The third-order valence-corrected chi connectivity index (χ3v) is 5.60. The normalized spacial score (nSPS) is 11.6. The highest BCUT2D eigenvalue weighted by molar-refractivity contribution is 7.89. The Morgan fingerprint density at radius 2 is 2.00 bits per heavy atom. The van der Waals surface area contributed by atoms with Gasteiger partial charge < -0.3 is 15.3 Å². The molecule has 0 spiro atoms. The number of aromatic amines is 1. The van der Waals surface area contributed by atoms with E-state index in [0.29, 0.717) is 17.8 Å². The van der Waals surface area contributed by atoms with E-state index >= 15 is 0 Å². The molecule has 4 aromatic rings. The maximum absolute atomic E-state index is 14.8. The Bertz CT molecular complexity index is 1360. The number of primary sulfonamides is 1. The molecule has 10 nitrogen and oxygen atoms in total. The highest BCUT2D eigenvalue weighted by Crippen LogP contribution is 2.32. The summed E-state index contributed by atoms with van der Waals surface area (Å²) in [6.45, 7) is 0.200. The summed E-state index contributed by atoms with van der Waals surface area (Å²) in [5, 5.41) is 25.1. The molecule has 0 unspecified atom stereocenters. The van der Waals surface area contributed by atoms with Crippen molar-refractivity contribution in [2.24, 2.45) is 5.14 Å². The molecule has 12 heteroatoms. The minimum Gasteiger partial charge on any atom is -0.396 e. The van der Waals surface area contributed by atoms with E-state index in [1.54, 1.807) is 29.3 Å². The number of sulfonamides is 1. The van der Waals surface area contributed by atoms with Gasteiger partial charge in [-0.25, -0.2) is 22.9 Å². The molecule has 0 amide bonds. The van der Waals surface area contributed by atoms with E-state index in [1.807, 2.05) is 6.07 Å². The third kappa shape index (κ3) is 4.51. The molecule has 2 aromatic carbocycles. The molecule has 0 aliphatic heterocycles. The predicted molar refractivity (Wildman–Crippen MR) is 118 cm³/mol. The first-order valence-electron chi connectivity index (χ1n) is 9.60. The fraction of sp³-hybridized carbons (Fsp3) is 0.150. The molecule has 0 atom stereocenters. The first-order chi connectivity index (χ1) is 15.4. The van der Waals surface area contributed by atoms with Crippen LogP contribution in [0.1, 0.15) is 6.42 Å². The highest BCUT2D eigenvalue weighted by atomic mass is 32.2. The lowest BCUT2D eigenvalue weighted by molar-refractivity contribution is 0.290. The molecular formula is C20H20FN7O3S. The van der Waals surface area contributed by atoms with Crippen LogP contribution in [0.2, 0.25) is 0 Å². The number of fused-ring (bicyclic) bond motifs is 1. The van der Waals surface area contributed by atoms with Gasteiger partial charge in [0.25, 0.3) is 0 Å². The second kappa shape index (κ2) is 8.86. The van der Waals surface area contributed by atoms with Gasteiger partial charge in [-0.05, 0) is 36.8 Å². The highest BCUT2D eigenvalue weighted by Gasteiger charge is 2.20. The second-order valence-corrected chi connectivity index (χ2v) is 8.46. The standard InChI is InChI=1S/C20H20FN7O3S/c21-16-12-23-20(25-13-4-1-5-14(10-13)32(22,30)31)26-19(16)28(8-3-9-29)18-7-2-6-17-15(18)11-24-27-17/h1-2,4-7,10-12,29H,3,8-9H2,(H,24,27)(H2,22,30,31)(H,23,25,26). The van der Waals surface area contributed by atoms with Crippen molar-refractivity contribution in [2.45, 2.75) is 11.3 Å². The molecule has 5 N–H and O–H groups in total. The van der Waals surface area contributed by atoms with Gasteiger partial charge in [-0.3, -0.25) is 5.10 Å². The van der Waals surface area contributed by atoms with Crippen molar-refractivity contribution in [1.82, 2.24) is 20.2 Å². The van der Waals surface area contributed by atoms with Gasteiger partial charge in [-0.1, -0.05) is 12.1 Å². The average Bonchev–Trinajstić information content (AvgIpc) is 3.25. The summed E-state index contributed by atoms with van der Waals surface area (Å²) in [7, 11) is -3.89. The van der Waals surface area contributed by atoms with E-state index in [1.165, 1.54) is 18.2 Å². The minimum atomic E-state index is -3.89. The summed E-state index contributed by atoms with van der Waals surface area (Å²) in [6, 6.07) is 11.3. The Kier molecular flexibility index (Phi) is 5.99. The Balaban J connectivity index is 1.74. The van der Waals surface area contributed by atoms with Crippen LogP contribution in [0.25, 0.3) is 10.9 Å². The van der Waals surface area contributed by atoms with Gasteiger partial charge >= 0.3 is 0 Å². The van der Waals surface area contributed by atoms with Crippen LogP contribution in [0, 0.1) is 5.82 Å². The molecule has 0 fully saturated rings. The maximum atomic E-state index is 14.8. The smallest absolute Gasteiger partial charge is 0.238 e. The van der Waals surface area contributed by atoms with Crippen molar-refractivity contribution in [1.29, 1.82) is 0 Å². The number of nitrogens with zero attached hydrogens (tertiary/aromatic N) is 4. The molecule has 2 heterocycles. The number of anilines is 4. The Hall–Kier alpha value is -3.61. The quantitative estimate of drug-likeness (QED) is 0.315. The number of nitrogens with two attached hydrogens (primary N) is 1. The Morgan fingerprint density at radius 3 is 2.78 bits per heavy atom. The van der Waals surface area contributed by atoms with Crippen LogP contribution < -0.4 is 15.4 Å². The number of halogens is 1. The van der Waals surface area contributed by atoms with Crippen molar-refractivity contribution in [3.63, 3.8) is 0 Å². The first-order valence-corrected chi connectivity index (χ1v) is 11.1. The van der Waals surface area contributed by atoms with Gasteiger partial charge in [0.15, 0.2) is 11.6 Å². The Labute approximate surface area is 183 Å². The number of hydrogen-bond acceptors (Lipinski definition) is 8. The van der Waals surface area contributed by atoms with Gasteiger partial charge in [0.2, 0.25) is 16.0 Å². The van der Waals surface area contributed by atoms with E-state index in [2.05, 4.69) is 25.5 Å². The lowest BCUT2D eigenvalue weighted by atomic mass is 10.2. The zero-order chi connectivity index (χ0) is 22.7. The number of H-pyrrole nitrogens is 1. The predicted octanol–water partition coefficient (Wildman–Crippen LogP) is 2.40. The number of rotatable bonds is 8. The summed E-state index contributed by atoms with van der Waals surface area (Å²) in [5.41, 5.74) is 1.79. The molecule has 0 radical (unpaired) electrons. The van der Waals surface area contributed by atoms with E-state index in [4.69, 9.17) is 5.14 Å². The van der Waals surface area contributed by atoms with E-state index in [9.17, 15) is 17.9 Å². The lowest BCUT2D eigenvalue weighted by Crippen LogP contribution is -2.22. The number of aromatic nitrogens is 4. The van der Waals surface area contributed by atoms with Gasteiger partial charge in [0.05, 0.1) is 28.5 Å². The van der Waals surface area contributed by atoms with Gasteiger partial charge in [0.1, 0.15) is 0 Å². The fourth-order valence-electron chi connectivity index (χ4n) is 3.24. The fourth-order valence-corrected chi connectivity index (χ4v) is 3.80. The van der Waals surface area contributed by atoms with Crippen molar-refractivity contribution in [2.75, 3.05) is 23.4 Å². The molecule has 0 bridgehead atoms. The molecule has 0 aliphatic carbocycles. The van der Waals surface area contributed by atoms with Crippen LogP contribution in [0.4, 0.5) is 27.5 Å². The molecule has 2 aromatic heterocycles. The largest absolute Gasteiger partial charge is 0.396 e. The van der Waals surface area contributed by atoms with Gasteiger partial charge in [-0.15, -0.1) is 0 Å². The monoisotopic (exact) mass is 457 g/mol. The molecule has 0 saturated carbocycles. The van der Waals surface area contributed by atoms with Crippen LogP contribution in [-0.2, 0) is 10.0 Å². The summed E-state index contributed by atoms with van der Waals surface area (Å²) in [5.74, 6) is -0.610. The molecule has 166 valence electrons. The maximum Gasteiger partial charge on any atom is 0.238 e. The zero-order valence-electron chi connectivity index (χ0n) is 16.7. The molecule has 32 heavy (non-hydrogen) atoms. The van der Waals surface area contributed by atoms with Crippen LogP contribution in [0.3, 0.4) is 0 Å². The van der Waals surface area contributed by atoms with E-state index in [-0.39, 0.29) is 29.8 Å². The molecule has 0 aliphatic rings. The number of hydrogen-bond donors (Lipinski definition) is 4. The molecule has 4 rings (SSSR count). The Morgan fingerprint density at radius 1 is 1.19 bits per heavy atom.